The van der Waals surface area contributed by atoms with Crippen LogP contribution < -0.4 is 0 Å². The summed E-state index contributed by atoms with van der Waals surface area (Å²) in [5.41, 5.74) is 2.39. The summed E-state index contributed by atoms with van der Waals surface area (Å²) >= 11 is 0. The highest BCUT2D eigenvalue weighted by Crippen LogP contribution is 2.25. The summed E-state index contributed by atoms with van der Waals surface area (Å²) in [6, 6.07) is 8.04. The number of fused-ring (bicyclic) bond motifs is 1. The van der Waals surface area contributed by atoms with Gasteiger partial charge in [0.05, 0.1) is 0 Å². The average Bonchev–Trinajstić information content (AvgIpc) is 2.35. The Labute approximate surface area is 106 Å². The number of hydrogen-bond acceptors (Lipinski definition) is 2. The molecule has 1 atom stereocenters. The molecule has 4 heteroatoms. The first-order valence-corrected chi connectivity index (χ1v) is 6.13. The number of carbonyl (C=O) groups excluding carboxylic acids is 1. The minimum absolute atomic E-state index is 0.00787. The number of carboxylic acids is 1. The van der Waals surface area contributed by atoms with Crippen LogP contribution in [0.2, 0.25) is 0 Å². The Morgan fingerprint density at radius 2 is 2.00 bits per heavy atom. The summed E-state index contributed by atoms with van der Waals surface area (Å²) in [5.74, 6) is -0.794. The molecule has 0 saturated heterocycles. The summed E-state index contributed by atoms with van der Waals surface area (Å²) in [4.78, 5) is 24.1. The molecule has 0 bridgehead atoms. The van der Waals surface area contributed by atoms with Crippen molar-refractivity contribution in [3.63, 3.8) is 0 Å². The highest BCUT2D eigenvalue weighted by atomic mass is 16.4. The standard InChI is InChI=1S/C14H17NO3/c1-10(16)15-9-12-5-3-2-4-11(12)8-13(15)6-7-14(17)18/h2-5,13H,6-9H2,1H3,(H,17,18). The molecule has 1 N–H and O–H groups in total. The minimum atomic E-state index is -0.808. The van der Waals surface area contributed by atoms with Gasteiger partial charge in [0.15, 0.2) is 0 Å². The van der Waals surface area contributed by atoms with Crippen LogP contribution in [0, 0.1) is 0 Å². The summed E-state index contributed by atoms with van der Waals surface area (Å²) in [6.07, 6.45) is 1.38. The number of rotatable bonds is 3. The lowest BCUT2D eigenvalue weighted by Gasteiger charge is -2.36. The fraction of sp³-hybridized carbons (Fsp3) is 0.429. The number of aliphatic carboxylic acids is 1. The molecule has 4 nitrogen and oxygen atoms in total. The fourth-order valence-electron chi connectivity index (χ4n) is 2.50. The van der Waals surface area contributed by atoms with E-state index in [0.29, 0.717) is 13.0 Å². The lowest BCUT2D eigenvalue weighted by molar-refractivity contribution is -0.139. The second-order valence-corrected chi connectivity index (χ2v) is 4.71. The van der Waals surface area contributed by atoms with Crippen molar-refractivity contribution in [3.05, 3.63) is 35.4 Å². The number of carbonyl (C=O) groups is 2. The lowest BCUT2D eigenvalue weighted by Crippen LogP contribution is -2.43. The zero-order chi connectivity index (χ0) is 13.1. The SMILES string of the molecule is CC(=O)N1Cc2ccccc2CC1CCC(=O)O. The number of carboxylic acid groups (broad SMARTS) is 1. The smallest absolute Gasteiger partial charge is 0.303 e. The molecular weight excluding hydrogens is 230 g/mol. The highest BCUT2D eigenvalue weighted by molar-refractivity contribution is 5.74. The van der Waals surface area contributed by atoms with Gasteiger partial charge in [-0.15, -0.1) is 0 Å². The third kappa shape index (κ3) is 2.70. The van der Waals surface area contributed by atoms with Gasteiger partial charge in [-0.3, -0.25) is 9.59 Å². The van der Waals surface area contributed by atoms with Crippen molar-refractivity contribution in [1.29, 1.82) is 0 Å². The number of nitrogens with zero attached hydrogens (tertiary/aromatic N) is 1. The second-order valence-electron chi connectivity index (χ2n) is 4.71. The Kier molecular flexibility index (Phi) is 3.65. The normalized spacial score (nSPS) is 18.3. The lowest BCUT2D eigenvalue weighted by atomic mass is 9.91. The minimum Gasteiger partial charge on any atom is -0.481 e. The molecule has 0 fully saturated rings. The van der Waals surface area contributed by atoms with E-state index in [-0.39, 0.29) is 18.4 Å². The predicted octanol–water partition coefficient (Wildman–Crippen LogP) is 1.82. The van der Waals surface area contributed by atoms with E-state index in [4.69, 9.17) is 5.11 Å². The van der Waals surface area contributed by atoms with Crippen molar-refractivity contribution < 1.29 is 14.7 Å². The van der Waals surface area contributed by atoms with Gasteiger partial charge in [-0.05, 0) is 24.0 Å². The van der Waals surface area contributed by atoms with Crippen LogP contribution in [0.15, 0.2) is 24.3 Å². The van der Waals surface area contributed by atoms with Gasteiger partial charge in [0.25, 0.3) is 0 Å². The van der Waals surface area contributed by atoms with Crippen LogP contribution in [-0.4, -0.2) is 27.9 Å². The molecule has 1 aliphatic rings. The van der Waals surface area contributed by atoms with Crippen molar-refractivity contribution in [2.45, 2.75) is 38.8 Å². The van der Waals surface area contributed by atoms with Crippen molar-refractivity contribution in [2.75, 3.05) is 0 Å². The molecule has 1 amide bonds. The molecule has 1 heterocycles. The molecule has 0 saturated carbocycles. The van der Waals surface area contributed by atoms with E-state index in [1.165, 1.54) is 11.1 Å². The molecule has 1 aromatic rings. The van der Waals surface area contributed by atoms with Crippen LogP contribution in [0.3, 0.4) is 0 Å². The van der Waals surface area contributed by atoms with Crippen LogP contribution in [0.4, 0.5) is 0 Å². The molecule has 2 rings (SSSR count). The van der Waals surface area contributed by atoms with Gasteiger partial charge >= 0.3 is 5.97 Å². The molecule has 18 heavy (non-hydrogen) atoms. The van der Waals surface area contributed by atoms with Gasteiger partial charge in [0.1, 0.15) is 0 Å². The van der Waals surface area contributed by atoms with E-state index in [1.54, 1.807) is 11.8 Å². The van der Waals surface area contributed by atoms with E-state index in [2.05, 4.69) is 6.07 Å². The quantitative estimate of drug-likeness (QED) is 0.886. The van der Waals surface area contributed by atoms with E-state index in [0.717, 1.165) is 6.42 Å². The van der Waals surface area contributed by atoms with Crippen LogP contribution in [-0.2, 0) is 22.6 Å². The van der Waals surface area contributed by atoms with Crippen molar-refractivity contribution >= 4 is 11.9 Å². The number of benzene rings is 1. The third-order valence-electron chi connectivity index (χ3n) is 3.45. The largest absolute Gasteiger partial charge is 0.481 e. The summed E-state index contributed by atoms with van der Waals surface area (Å²) in [6.45, 7) is 2.14. The van der Waals surface area contributed by atoms with Crippen LogP contribution in [0.1, 0.15) is 30.9 Å². The van der Waals surface area contributed by atoms with Crippen molar-refractivity contribution in [1.82, 2.24) is 4.90 Å². The first kappa shape index (κ1) is 12.6. The van der Waals surface area contributed by atoms with E-state index >= 15 is 0 Å². The molecule has 0 aromatic heterocycles. The predicted molar refractivity (Wildman–Crippen MR) is 67.0 cm³/mol. The van der Waals surface area contributed by atoms with E-state index < -0.39 is 5.97 Å². The van der Waals surface area contributed by atoms with Gasteiger partial charge in [-0.2, -0.15) is 0 Å². The molecule has 1 aliphatic heterocycles. The van der Waals surface area contributed by atoms with Crippen LogP contribution in [0.25, 0.3) is 0 Å². The second kappa shape index (κ2) is 5.21. The number of hydrogen-bond donors (Lipinski definition) is 1. The monoisotopic (exact) mass is 247 g/mol. The fourth-order valence-corrected chi connectivity index (χ4v) is 2.50. The zero-order valence-corrected chi connectivity index (χ0v) is 10.4. The average molecular weight is 247 g/mol. The molecule has 1 unspecified atom stereocenters. The maximum atomic E-state index is 11.6. The first-order valence-electron chi connectivity index (χ1n) is 6.13. The molecular formula is C14H17NO3. The molecule has 1 aromatic carbocycles. The Hall–Kier alpha value is -1.84. The summed E-state index contributed by atoms with van der Waals surface area (Å²) in [5, 5.41) is 8.76. The highest BCUT2D eigenvalue weighted by Gasteiger charge is 2.27. The third-order valence-corrected chi connectivity index (χ3v) is 3.45. The van der Waals surface area contributed by atoms with Gasteiger partial charge < -0.3 is 10.0 Å². The van der Waals surface area contributed by atoms with Crippen LogP contribution in [0.5, 0.6) is 0 Å². The van der Waals surface area contributed by atoms with Crippen molar-refractivity contribution in [3.8, 4) is 0 Å². The number of amides is 1. The summed E-state index contributed by atoms with van der Waals surface area (Å²) in [7, 11) is 0. The maximum Gasteiger partial charge on any atom is 0.303 e. The Morgan fingerprint density at radius 1 is 1.33 bits per heavy atom. The first-order chi connectivity index (χ1) is 8.58. The Bertz CT molecular complexity index is 470. The molecule has 0 radical (unpaired) electrons. The molecule has 0 spiro atoms. The van der Waals surface area contributed by atoms with Gasteiger partial charge in [0.2, 0.25) is 5.91 Å². The van der Waals surface area contributed by atoms with E-state index in [1.807, 2.05) is 18.2 Å². The van der Waals surface area contributed by atoms with Gasteiger partial charge in [-0.25, -0.2) is 0 Å². The molecule has 96 valence electrons. The maximum absolute atomic E-state index is 11.6. The van der Waals surface area contributed by atoms with Crippen molar-refractivity contribution in [2.24, 2.45) is 0 Å². The molecule has 0 aliphatic carbocycles. The summed E-state index contributed by atoms with van der Waals surface area (Å²) < 4.78 is 0. The van der Waals surface area contributed by atoms with Gasteiger partial charge in [-0.1, -0.05) is 24.3 Å². The topological polar surface area (TPSA) is 57.6 Å². The Balaban J connectivity index is 2.17. The zero-order valence-electron chi connectivity index (χ0n) is 10.4. The Morgan fingerprint density at radius 3 is 2.61 bits per heavy atom. The van der Waals surface area contributed by atoms with Gasteiger partial charge in [0, 0.05) is 25.9 Å². The van der Waals surface area contributed by atoms with Crippen LogP contribution >= 0.6 is 0 Å². The van der Waals surface area contributed by atoms with E-state index in [9.17, 15) is 9.59 Å².